The van der Waals surface area contributed by atoms with E-state index in [1.807, 2.05) is 0 Å². The van der Waals surface area contributed by atoms with Crippen LogP contribution in [0, 0.1) is 29.6 Å². The molecular weight excluding hydrogens is 1180 g/mol. The standard InChI is InChI=1S/C59H100BrN13O13/c1-7-34(4)10-8-9-11-42(76)30-38(16-22-61)53(80)72-50(35(5)74)49(78)31-39(17-23-62)52(79)68-46-21-27-66-59(86)51(36(6)75)73-57(84)45(20-26-65)69-55(82)44(19-25-64)70-58(85)47(28-33(2)3)71-54(81)40(29-37-12-14-41(60)15-13-37)32-48(77)43(18-24-63)67-56(46)83/h12-15,33-36,38-40,43-47,50-51,74-75H,7-11,16-32,61-65H2,1-6H3,(H,66,86)(H,67,83)(H,68,79)(H,69,82)(H,70,85)(H,71,81)(H,72,80)(H,73,84)/t34-,35+,36+,38+,39+,40-,43-,44-,45-,46-,47-,50-,51-/m0/s1. The van der Waals surface area contributed by atoms with Crippen LogP contribution in [0.4, 0.5) is 0 Å². The summed E-state index contributed by atoms with van der Waals surface area (Å²) in [5.41, 5.74) is 30.2. The Morgan fingerprint density at radius 1 is 0.640 bits per heavy atom. The van der Waals surface area contributed by atoms with E-state index < -0.39 is 157 Å². The van der Waals surface area contributed by atoms with E-state index in [0.717, 1.165) is 23.7 Å². The molecule has 0 aliphatic carbocycles. The molecule has 1 aromatic rings. The number of benzene rings is 1. The molecular formula is C59H100BrN13O13. The van der Waals surface area contributed by atoms with Gasteiger partial charge in [-0.2, -0.15) is 0 Å². The van der Waals surface area contributed by atoms with Crippen LogP contribution in [0.15, 0.2) is 28.7 Å². The lowest BCUT2D eigenvalue weighted by atomic mass is 9.89. The van der Waals surface area contributed by atoms with Crippen LogP contribution in [-0.4, -0.2) is 169 Å². The van der Waals surface area contributed by atoms with E-state index in [1.54, 1.807) is 38.1 Å². The number of ketones is 3. The molecule has 1 heterocycles. The van der Waals surface area contributed by atoms with E-state index in [0.29, 0.717) is 17.9 Å². The third kappa shape index (κ3) is 27.5. The first-order valence-corrected chi connectivity index (χ1v) is 31.1. The van der Waals surface area contributed by atoms with Crippen molar-refractivity contribution in [3.63, 3.8) is 0 Å². The van der Waals surface area contributed by atoms with Gasteiger partial charge in [0.15, 0.2) is 11.6 Å². The van der Waals surface area contributed by atoms with Gasteiger partial charge in [-0.05, 0) is 134 Å². The largest absolute Gasteiger partial charge is 0.391 e. The fourth-order valence-electron chi connectivity index (χ4n) is 9.94. The summed E-state index contributed by atoms with van der Waals surface area (Å²) in [6, 6.07) is -3.24. The molecule has 1 fully saturated rings. The monoisotopic (exact) mass is 1280 g/mol. The van der Waals surface area contributed by atoms with Crippen LogP contribution in [0.2, 0.25) is 0 Å². The molecule has 20 N–H and O–H groups in total. The predicted molar refractivity (Wildman–Crippen MR) is 327 cm³/mol. The molecule has 1 saturated heterocycles. The summed E-state index contributed by atoms with van der Waals surface area (Å²) in [7, 11) is 0. The average Bonchev–Trinajstić information content (AvgIpc) is 3.59. The lowest BCUT2D eigenvalue weighted by molar-refractivity contribution is -0.137. The topological polar surface area (TPSA) is 455 Å². The minimum Gasteiger partial charge on any atom is -0.391 e. The van der Waals surface area contributed by atoms with Crippen molar-refractivity contribution in [2.75, 3.05) is 39.3 Å². The van der Waals surface area contributed by atoms with Gasteiger partial charge in [-0.15, -0.1) is 0 Å². The maximum Gasteiger partial charge on any atom is 0.245 e. The van der Waals surface area contributed by atoms with Crippen LogP contribution in [0.5, 0.6) is 0 Å². The molecule has 27 heteroatoms. The van der Waals surface area contributed by atoms with Gasteiger partial charge >= 0.3 is 0 Å². The second-order valence-corrected chi connectivity index (χ2v) is 24.0. The highest BCUT2D eigenvalue weighted by molar-refractivity contribution is 9.10. The minimum absolute atomic E-state index is 0.0215. The van der Waals surface area contributed by atoms with Crippen LogP contribution in [-0.2, 0) is 59.2 Å². The van der Waals surface area contributed by atoms with E-state index in [9.17, 15) is 63.0 Å². The molecule has 86 heavy (non-hydrogen) atoms. The van der Waals surface area contributed by atoms with Gasteiger partial charge in [0.1, 0.15) is 42.0 Å². The first kappa shape index (κ1) is 76.3. The molecule has 1 aromatic carbocycles. The first-order valence-electron chi connectivity index (χ1n) is 30.3. The van der Waals surface area contributed by atoms with Crippen molar-refractivity contribution < 1.29 is 63.0 Å². The number of aliphatic hydroxyl groups is 2. The minimum atomic E-state index is -1.67. The maximum absolute atomic E-state index is 14.6. The Kier molecular flexibility index (Phi) is 36.0. The number of nitrogens with two attached hydrogens (primary N) is 5. The van der Waals surface area contributed by atoms with Crippen molar-refractivity contribution in [2.45, 2.75) is 199 Å². The lowest BCUT2D eigenvalue weighted by Crippen LogP contribution is -2.60. The number of rotatable bonds is 31. The Bertz CT molecular complexity index is 2360. The van der Waals surface area contributed by atoms with Crippen molar-refractivity contribution >= 4 is 80.5 Å². The molecule has 0 bridgehead atoms. The average molecular weight is 1280 g/mol. The highest BCUT2D eigenvalue weighted by Gasteiger charge is 2.38. The lowest BCUT2D eigenvalue weighted by Gasteiger charge is -2.28. The highest BCUT2D eigenvalue weighted by Crippen LogP contribution is 2.21. The van der Waals surface area contributed by atoms with Gasteiger partial charge < -0.3 is 81.4 Å². The zero-order valence-corrected chi connectivity index (χ0v) is 52.7. The SMILES string of the molecule is CC[C@H](C)CCCCC(=O)C[C@@H](CCN)C(=O)N[C@H](C(=O)C[C@@H](CCN)C(=O)N[C@H]1CCNC(=O)[C@H]([C@@H](C)O)NC(=O)[C@H](CCN)NC(=O)[C@H](CCN)NC(=O)[C@H](CC(C)C)NC(=O)[C@@H](Cc2ccc(Br)cc2)CC(=O)[C@H](CCN)NC1=O)[C@@H](C)O. The second kappa shape index (κ2) is 40.6. The van der Waals surface area contributed by atoms with Crippen LogP contribution in [0.3, 0.4) is 0 Å². The van der Waals surface area contributed by atoms with Crippen LogP contribution in [0.1, 0.15) is 143 Å². The van der Waals surface area contributed by atoms with E-state index in [1.165, 1.54) is 13.8 Å². The van der Waals surface area contributed by atoms with E-state index in [4.69, 9.17) is 28.7 Å². The summed E-state index contributed by atoms with van der Waals surface area (Å²) in [4.78, 5) is 155. The molecule has 8 amide bonds. The Labute approximate surface area is 514 Å². The van der Waals surface area contributed by atoms with Crippen LogP contribution >= 0.6 is 15.9 Å². The molecule has 0 aromatic heterocycles. The number of nitrogens with one attached hydrogen (secondary N) is 8. The second-order valence-electron chi connectivity index (χ2n) is 23.1. The first-order chi connectivity index (χ1) is 40.7. The summed E-state index contributed by atoms with van der Waals surface area (Å²) in [6.45, 7) is 9.43. The smallest absolute Gasteiger partial charge is 0.245 e. The molecule has 0 unspecified atom stereocenters. The number of halogens is 1. The van der Waals surface area contributed by atoms with Crippen molar-refractivity contribution in [1.82, 2.24) is 42.5 Å². The fourth-order valence-corrected chi connectivity index (χ4v) is 10.2. The number of carbonyl (C=O) groups excluding carboxylic acids is 11. The summed E-state index contributed by atoms with van der Waals surface area (Å²) < 4.78 is 0.735. The van der Waals surface area contributed by atoms with Gasteiger partial charge in [-0.3, -0.25) is 52.7 Å². The van der Waals surface area contributed by atoms with E-state index in [2.05, 4.69) is 72.3 Å². The molecule has 0 saturated carbocycles. The summed E-state index contributed by atoms with van der Waals surface area (Å²) >= 11 is 3.41. The molecule has 1 aliphatic rings. The number of Topliss-reactive ketones (excluding diaryl/α,β-unsaturated/α-hetero) is 3. The number of hydrogen-bond donors (Lipinski definition) is 15. The van der Waals surface area contributed by atoms with Crippen molar-refractivity contribution in [3.8, 4) is 0 Å². The number of aliphatic hydroxyl groups excluding tert-OH is 2. The molecule has 1 aliphatic heterocycles. The molecule has 26 nitrogen and oxygen atoms in total. The molecule has 0 radical (unpaired) electrons. The van der Waals surface area contributed by atoms with Crippen molar-refractivity contribution in [1.29, 1.82) is 0 Å². The number of amides is 8. The van der Waals surface area contributed by atoms with Crippen LogP contribution in [0.25, 0.3) is 0 Å². The Morgan fingerprint density at radius 3 is 1.71 bits per heavy atom. The van der Waals surface area contributed by atoms with E-state index >= 15 is 0 Å². The molecule has 0 spiro atoms. The quantitative estimate of drug-likeness (QED) is 0.0388. The van der Waals surface area contributed by atoms with Crippen LogP contribution < -0.4 is 71.2 Å². The molecule has 13 atom stereocenters. The number of unbranched alkanes of at least 4 members (excludes halogenated alkanes) is 1. The van der Waals surface area contributed by atoms with Gasteiger partial charge in [-0.1, -0.05) is 75.0 Å². The molecule has 486 valence electrons. The number of carbonyl (C=O) groups is 11. The summed E-state index contributed by atoms with van der Waals surface area (Å²) in [6.07, 6.45) is -1.33. The van der Waals surface area contributed by atoms with E-state index in [-0.39, 0.29) is 102 Å². The Hall–Kier alpha value is -5.81. The fraction of sp³-hybridized carbons (Fsp3) is 0.712. The Balaban J connectivity index is 2.69. The zero-order chi connectivity index (χ0) is 64.6. The normalized spacial score (nSPS) is 23.0. The summed E-state index contributed by atoms with van der Waals surface area (Å²) in [5, 5.41) is 42.5. The van der Waals surface area contributed by atoms with Gasteiger partial charge in [0.25, 0.3) is 0 Å². The Morgan fingerprint density at radius 2 is 1.17 bits per heavy atom. The van der Waals surface area contributed by atoms with Gasteiger partial charge in [0.2, 0.25) is 47.3 Å². The third-order valence-electron chi connectivity index (χ3n) is 15.2. The third-order valence-corrected chi connectivity index (χ3v) is 15.8. The maximum atomic E-state index is 14.6. The van der Waals surface area contributed by atoms with Crippen molar-refractivity contribution in [3.05, 3.63) is 34.3 Å². The number of hydrogen-bond acceptors (Lipinski definition) is 18. The van der Waals surface area contributed by atoms with Gasteiger partial charge in [0, 0.05) is 54.5 Å². The predicted octanol–water partition coefficient (Wildman–Crippen LogP) is -1.21. The molecule has 2 rings (SSSR count). The van der Waals surface area contributed by atoms with Crippen molar-refractivity contribution in [2.24, 2.45) is 58.3 Å². The van der Waals surface area contributed by atoms with Gasteiger partial charge in [0.05, 0.1) is 18.2 Å². The highest BCUT2D eigenvalue weighted by atomic mass is 79.9. The summed E-state index contributed by atoms with van der Waals surface area (Å²) in [5.74, 6) is -11.4. The zero-order valence-electron chi connectivity index (χ0n) is 51.1. The van der Waals surface area contributed by atoms with Gasteiger partial charge in [-0.25, -0.2) is 0 Å².